The molecule has 0 bridgehead atoms. The number of hydrogen-bond acceptors (Lipinski definition) is 0. The molecule has 0 aromatic carbocycles. The topological polar surface area (TPSA) is 0 Å². The van der Waals surface area contributed by atoms with E-state index in [2.05, 4.69) is 0 Å². The minimum atomic E-state index is 0.901. The Balaban J connectivity index is 1.33. The first-order valence-electron chi connectivity index (χ1n) is 10.2. The molecule has 0 heterocycles. The summed E-state index contributed by atoms with van der Waals surface area (Å²) in [7, 11) is 0. The summed E-state index contributed by atoms with van der Waals surface area (Å²) in [4.78, 5) is 0. The number of rotatable bonds is 6. The highest BCUT2D eigenvalue weighted by atomic mass is 14.9. The van der Waals surface area contributed by atoms with Crippen LogP contribution in [0.25, 0.3) is 0 Å². The highest BCUT2D eigenvalue weighted by Gasteiger charge is 2.88. The molecule has 0 unspecified atom stereocenters. The Hall–Kier alpha value is 0. The lowest BCUT2D eigenvalue weighted by Crippen LogP contribution is -2.41. The van der Waals surface area contributed by atoms with Crippen LogP contribution in [0.5, 0.6) is 0 Å². The summed E-state index contributed by atoms with van der Waals surface area (Å²) in [6.07, 6.45) is 23.0. The maximum absolute atomic E-state index is 1.66. The summed E-state index contributed by atoms with van der Waals surface area (Å²) in [5.74, 6) is 2.40. The summed E-state index contributed by atoms with van der Waals surface area (Å²) in [6.45, 7) is 0. The fourth-order valence-corrected chi connectivity index (χ4v) is 8.79. The van der Waals surface area contributed by atoms with Crippen LogP contribution in [-0.2, 0) is 0 Å². The van der Waals surface area contributed by atoms with Gasteiger partial charge in [-0.15, -0.1) is 0 Å². The van der Waals surface area contributed by atoms with Crippen LogP contribution in [-0.4, -0.2) is 0 Å². The largest absolute Gasteiger partial charge is 0.0496 e. The lowest BCUT2D eigenvalue weighted by Gasteiger charge is -2.45. The van der Waals surface area contributed by atoms with Gasteiger partial charge in [0, 0.05) is 0 Å². The van der Waals surface area contributed by atoms with E-state index in [-0.39, 0.29) is 0 Å². The molecule has 0 spiro atoms. The molecule has 0 aromatic rings. The monoisotopic (exact) mass is 282 g/mol. The van der Waals surface area contributed by atoms with Gasteiger partial charge in [0.2, 0.25) is 0 Å². The van der Waals surface area contributed by atoms with E-state index in [1.165, 1.54) is 11.8 Å². The second kappa shape index (κ2) is 2.89. The molecule has 0 saturated heterocycles. The molecule has 114 valence electrons. The van der Waals surface area contributed by atoms with Gasteiger partial charge in [0.15, 0.2) is 0 Å². The highest BCUT2D eigenvalue weighted by Crippen LogP contribution is 2.97. The third-order valence-electron chi connectivity index (χ3n) is 10.3. The fourth-order valence-electron chi connectivity index (χ4n) is 8.79. The molecular formula is C21H30. The van der Waals surface area contributed by atoms with Gasteiger partial charge >= 0.3 is 0 Å². The van der Waals surface area contributed by atoms with Crippen LogP contribution in [0.15, 0.2) is 0 Å². The Morgan fingerprint density at radius 1 is 0.381 bits per heavy atom. The predicted octanol–water partition coefficient (Wildman–Crippen LogP) is 5.71. The Kier molecular flexibility index (Phi) is 1.58. The van der Waals surface area contributed by atoms with Crippen LogP contribution in [0.1, 0.15) is 89.9 Å². The molecule has 7 aliphatic carbocycles. The third-order valence-corrected chi connectivity index (χ3v) is 10.3. The second-order valence-corrected chi connectivity index (χ2v) is 10.6. The second-order valence-electron chi connectivity index (χ2n) is 10.6. The van der Waals surface area contributed by atoms with Crippen molar-refractivity contribution in [1.82, 2.24) is 0 Å². The molecule has 0 radical (unpaired) electrons. The standard InChI is InChI=1S/C21H30/c1-2-15(1)17(5-6-17)19(9-10-19)21(13-14-21)20(11-12-20)18(7-8-18)16-3-4-16/h15-16H,1-14H2. The molecule has 0 N–H and O–H groups in total. The van der Waals surface area contributed by atoms with Crippen molar-refractivity contribution in [3.8, 4) is 0 Å². The van der Waals surface area contributed by atoms with E-state index in [0.717, 1.165) is 27.1 Å². The van der Waals surface area contributed by atoms with Gasteiger partial charge in [0.25, 0.3) is 0 Å². The Bertz CT molecular complexity index is 480. The van der Waals surface area contributed by atoms with Gasteiger partial charge in [-0.1, -0.05) is 0 Å². The average molecular weight is 282 g/mol. The van der Waals surface area contributed by atoms with E-state index >= 15 is 0 Å². The molecule has 7 fully saturated rings. The average Bonchev–Trinajstić information content (AvgIpc) is 3.37. The zero-order chi connectivity index (χ0) is 13.6. The van der Waals surface area contributed by atoms with Crippen molar-refractivity contribution in [2.24, 2.45) is 38.9 Å². The quantitative estimate of drug-likeness (QED) is 0.585. The summed E-state index contributed by atoms with van der Waals surface area (Å²) < 4.78 is 0. The van der Waals surface area contributed by atoms with E-state index < -0.39 is 0 Å². The Morgan fingerprint density at radius 2 is 0.714 bits per heavy atom. The zero-order valence-electron chi connectivity index (χ0n) is 13.6. The van der Waals surface area contributed by atoms with Crippen LogP contribution in [0, 0.1) is 38.9 Å². The first-order chi connectivity index (χ1) is 10.2. The lowest BCUT2D eigenvalue weighted by atomic mass is 9.58. The first-order valence-corrected chi connectivity index (χ1v) is 10.2. The van der Waals surface area contributed by atoms with Gasteiger partial charge in [-0.05, 0) is 129 Å². The summed E-state index contributed by atoms with van der Waals surface area (Å²) in [6, 6.07) is 0. The molecule has 0 nitrogen and oxygen atoms in total. The molecule has 0 amide bonds. The van der Waals surface area contributed by atoms with E-state index in [1.807, 2.05) is 0 Å². The molecule has 7 aliphatic rings. The van der Waals surface area contributed by atoms with Crippen LogP contribution in [0.4, 0.5) is 0 Å². The van der Waals surface area contributed by atoms with Gasteiger partial charge in [-0.3, -0.25) is 0 Å². The summed E-state index contributed by atoms with van der Waals surface area (Å²) >= 11 is 0. The van der Waals surface area contributed by atoms with Crippen molar-refractivity contribution >= 4 is 0 Å². The van der Waals surface area contributed by atoms with E-state index in [1.54, 1.807) is 89.9 Å². The molecule has 0 heteroatoms. The minimum absolute atomic E-state index is 0.901. The van der Waals surface area contributed by atoms with E-state index in [4.69, 9.17) is 0 Å². The molecule has 0 aliphatic heterocycles. The first kappa shape index (κ1) is 11.5. The van der Waals surface area contributed by atoms with Crippen molar-refractivity contribution < 1.29 is 0 Å². The smallest absolute Gasteiger partial charge is 0.0173 e. The van der Waals surface area contributed by atoms with Gasteiger partial charge in [0.05, 0.1) is 0 Å². The van der Waals surface area contributed by atoms with Crippen molar-refractivity contribution in [1.29, 1.82) is 0 Å². The number of hydrogen-bond donors (Lipinski definition) is 0. The normalized spacial score (nSPS) is 44.0. The Morgan fingerprint density at radius 3 is 0.905 bits per heavy atom. The fraction of sp³-hybridized carbons (Fsp3) is 1.00. The van der Waals surface area contributed by atoms with E-state index in [0.29, 0.717) is 0 Å². The highest BCUT2D eigenvalue weighted by molar-refractivity contribution is 5.37. The van der Waals surface area contributed by atoms with Crippen LogP contribution in [0.2, 0.25) is 0 Å². The van der Waals surface area contributed by atoms with Crippen molar-refractivity contribution in [2.45, 2.75) is 89.9 Å². The van der Waals surface area contributed by atoms with E-state index in [9.17, 15) is 0 Å². The lowest BCUT2D eigenvalue weighted by molar-refractivity contribution is 0.0137. The van der Waals surface area contributed by atoms with Crippen molar-refractivity contribution in [3.05, 3.63) is 0 Å². The van der Waals surface area contributed by atoms with Gasteiger partial charge < -0.3 is 0 Å². The van der Waals surface area contributed by atoms with Gasteiger partial charge in [-0.25, -0.2) is 0 Å². The molecule has 7 rings (SSSR count). The van der Waals surface area contributed by atoms with Gasteiger partial charge in [-0.2, -0.15) is 0 Å². The molecule has 21 heavy (non-hydrogen) atoms. The SMILES string of the molecule is C1CC1C1(C2(C3(C4(C5(C6CC6)CC5)CC4)CC3)CC2)CC1. The van der Waals surface area contributed by atoms with Gasteiger partial charge in [0.1, 0.15) is 0 Å². The molecule has 7 saturated carbocycles. The summed E-state index contributed by atoms with van der Waals surface area (Å²) in [5, 5.41) is 0. The third kappa shape index (κ3) is 1.04. The summed E-state index contributed by atoms with van der Waals surface area (Å²) in [5.41, 5.74) is 4.54. The molecular weight excluding hydrogens is 252 g/mol. The van der Waals surface area contributed by atoms with Crippen LogP contribution in [0.3, 0.4) is 0 Å². The minimum Gasteiger partial charge on any atom is -0.0496 e. The van der Waals surface area contributed by atoms with Crippen LogP contribution >= 0.6 is 0 Å². The van der Waals surface area contributed by atoms with Crippen molar-refractivity contribution in [2.75, 3.05) is 0 Å². The maximum Gasteiger partial charge on any atom is -0.0173 e. The molecule has 0 atom stereocenters. The Labute approximate surface area is 129 Å². The predicted molar refractivity (Wildman–Crippen MR) is 83.8 cm³/mol. The van der Waals surface area contributed by atoms with Crippen LogP contribution < -0.4 is 0 Å². The molecule has 0 aromatic heterocycles. The van der Waals surface area contributed by atoms with Crippen molar-refractivity contribution in [3.63, 3.8) is 0 Å². The zero-order valence-corrected chi connectivity index (χ0v) is 13.6. The maximum atomic E-state index is 1.66.